The van der Waals surface area contributed by atoms with Crippen LogP contribution in [0.5, 0.6) is 0 Å². The molecule has 1 aromatic heterocycles. The molecule has 0 fully saturated rings. The third kappa shape index (κ3) is 4.06. The predicted molar refractivity (Wildman–Crippen MR) is 62.9 cm³/mol. The lowest BCUT2D eigenvalue weighted by molar-refractivity contribution is -0.123. The smallest absolute Gasteiger partial charge is 0.237 e. The Morgan fingerprint density at radius 2 is 2.25 bits per heavy atom. The molecule has 16 heavy (non-hydrogen) atoms. The molecule has 2 N–H and O–H groups in total. The third-order valence-electron chi connectivity index (χ3n) is 2.56. The molecule has 90 valence electrons. The van der Waals surface area contributed by atoms with Crippen molar-refractivity contribution in [2.24, 2.45) is 0 Å². The molecule has 4 nitrogen and oxygen atoms in total. The first-order valence-electron chi connectivity index (χ1n) is 5.69. The van der Waals surface area contributed by atoms with Gasteiger partial charge in [-0.15, -0.1) is 0 Å². The van der Waals surface area contributed by atoms with E-state index in [2.05, 4.69) is 10.6 Å². The highest BCUT2D eigenvalue weighted by Gasteiger charge is 2.13. The molecular weight excluding hydrogens is 204 g/mol. The van der Waals surface area contributed by atoms with Crippen molar-refractivity contribution in [3.05, 3.63) is 24.2 Å². The first kappa shape index (κ1) is 12.8. The van der Waals surface area contributed by atoms with E-state index in [1.165, 1.54) is 0 Å². The Morgan fingerprint density at radius 1 is 1.50 bits per heavy atom. The second kappa shape index (κ2) is 6.33. The Kier molecular flexibility index (Phi) is 5.05. The summed E-state index contributed by atoms with van der Waals surface area (Å²) in [5.74, 6) is 0.865. The number of amides is 1. The highest BCUT2D eigenvalue weighted by atomic mass is 16.3. The molecule has 2 unspecified atom stereocenters. The average Bonchev–Trinajstić information content (AvgIpc) is 2.78. The second-order valence-corrected chi connectivity index (χ2v) is 4.00. The van der Waals surface area contributed by atoms with E-state index >= 15 is 0 Å². The number of hydrogen-bond acceptors (Lipinski definition) is 3. The minimum absolute atomic E-state index is 0.0286. The lowest BCUT2D eigenvalue weighted by Gasteiger charge is -2.16. The predicted octanol–water partition coefficient (Wildman–Crippen LogP) is 1.67. The Balaban J connectivity index is 2.29. The molecule has 0 aliphatic heterocycles. The van der Waals surface area contributed by atoms with Gasteiger partial charge in [-0.25, -0.2) is 0 Å². The zero-order chi connectivity index (χ0) is 12.0. The van der Waals surface area contributed by atoms with Crippen molar-refractivity contribution in [2.75, 3.05) is 0 Å². The quantitative estimate of drug-likeness (QED) is 0.773. The fraction of sp³-hybridized carbons (Fsp3) is 0.583. The Hall–Kier alpha value is -1.29. The van der Waals surface area contributed by atoms with Gasteiger partial charge in [-0.2, -0.15) is 0 Å². The van der Waals surface area contributed by atoms with Gasteiger partial charge >= 0.3 is 0 Å². The zero-order valence-electron chi connectivity index (χ0n) is 10.1. The van der Waals surface area contributed by atoms with E-state index in [-0.39, 0.29) is 18.0 Å². The fourth-order valence-corrected chi connectivity index (χ4v) is 1.23. The number of hydrogen-bond donors (Lipinski definition) is 2. The molecule has 0 spiro atoms. The van der Waals surface area contributed by atoms with Gasteiger partial charge < -0.3 is 9.73 Å². The number of nitrogens with one attached hydrogen (secondary N) is 2. The Labute approximate surface area is 96.4 Å². The summed E-state index contributed by atoms with van der Waals surface area (Å²) in [4.78, 5) is 11.7. The summed E-state index contributed by atoms with van der Waals surface area (Å²) in [5.41, 5.74) is 0. The van der Waals surface area contributed by atoms with Crippen molar-refractivity contribution < 1.29 is 9.21 Å². The van der Waals surface area contributed by atoms with Crippen molar-refractivity contribution in [1.82, 2.24) is 10.6 Å². The van der Waals surface area contributed by atoms with Crippen LogP contribution < -0.4 is 10.6 Å². The summed E-state index contributed by atoms with van der Waals surface area (Å²) >= 11 is 0. The number of carbonyl (C=O) groups is 1. The van der Waals surface area contributed by atoms with Gasteiger partial charge in [0.2, 0.25) is 5.91 Å². The molecule has 1 amide bonds. The van der Waals surface area contributed by atoms with E-state index in [4.69, 9.17) is 4.42 Å². The van der Waals surface area contributed by atoms with Gasteiger partial charge in [-0.3, -0.25) is 10.1 Å². The first-order chi connectivity index (χ1) is 7.63. The lowest BCUT2D eigenvalue weighted by atomic mass is 10.2. The normalized spacial score (nSPS) is 14.4. The molecule has 0 aliphatic rings. The highest BCUT2D eigenvalue weighted by Crippen LogP contribution is 1.99. The van der Waals surface area contributed by atoms with Gasteiger partial charge in [0.05, 0.1) is 18.8 Å². The Morgan fingerprint density at radius 3 is 2.81 bits per heavy atom. The summed E-state index contributed by atoms with van der Waals surface area (Å²) < 4.78 is 5.17. The molecule has 0 aromatic carbocycles. The first-order valence-corrected chi connectivity index (χ1v) is 5.69. The fourth-order valence-electron chi connectivity index (χ4n) is 1.23. The van der Waals surface area contributed by atoms with Crippen molar-refractivity contribution in [3.63, 3.8) is 0 Å². The number of rotatable bonds is 6. The molecule has 0 saturated carbocycles. The molecule has 1 rings (SSSR count). The van der Waals surface area contributed by atoms with Gasteiger partial charge in [-0.1, -0.05) is 6.92 Å². The van der Waals surface area contributed by atoms with E-state index in [0.29, 0.717) is 6.54 Å². The van der Waals surface area contributed by atoms with Crippen molar-refractivity contribution in [1.29, 1.82) is 0 Å². The molecule has 4 heteroatoms. The highest BCUT2D eigenvalue weighted by molar-refractivity contribution is 5.81. The van der Waals surface area contributed by atoms with Gasteiger partial charge in [0.15, 0.2) is 0 Å². The molecule has 0 radical (unpaired) electrons. The van der Waals surface area contributed by atoms with E-state index < -0.39 is 0 Å². The molecule has 0 saturated heterocycles. The molecule has 0 bridgehead atoms. The second-order valence-electron chi connectivity index (χ2n) is 4.00. The number of carbonyl (C=O) groups excluding carboxylic acids is 1. The van der Waals surface area contributed by atoms with Crippen LogP contribution in [-0.2, 0) is 11.3 Å². The standard InChI is InChI=1S/C12H20N2O2/c1-4-9(2)14-12(15)10(3)13-8-11-6-5-7-16-11/h5-7,9-10,13H,4,8H2,1-3H3,(H,14,15). The van der Waals surface area contributed by atoms with Crippen LogP contribution in [0.3, 0.4) is 0 Å². The van der Waals surface area contributed by atoms with Gasteiger partial charge in [0, 0.05) is 6.04 Å². The maximum atomic E-state index is 11.7. The van der Waals surface area contributed by atoms with Crippen LogP contribution in [0.2, 0.25) is 0 Å². The topological polar surface area (TPSA) is 54.3 Å². The molecule has 2 atom stereocenters. The minimum Gasteiger partial charge on any atom is -0.468 e. The van der Waals surface area contributed by atoms with Crippen LogP contribution in [0, 0.1) is 0 Å². The van der Waals surface area contributed by atoms with Crippen molar-refractivity contribution in [2.45, 2.75) is 45.8 Å². The van der Waals surface area contributed by atoms with E-state index in [1.54, 1.807) is 6.26 Å². The van der Waals surface area contributed by atoms with Crippen LogP contribution in [0.1, 0.15) is 33.0 Å². The summed E-state index contributed by atoms with van der Waals surface area (Å²) in [5, 5.41) is 6.04. The summed E-state index contributed by atoms with van der Waals surface area (Å²) in [7, 11) is 0. The number of furan rings is 1. The third-order valence-corrected chi connectivity index (χ3v) is 2.56. The largest absolute Gasteiger partial charge is 0.468 e. The maximum Gasteiger partial charge on any atom is 0.237 e. The molecule has 1 aromatic rings. The van der Waals surface area contributed by atoms with Crippen molar-refractivity contribution in [3.8, 4) is 0 Å². The summed E-state index contributed by atoms with van der Waals surface area (Å²) in [6.07, 6.45) is 2.57. The van der Waals surface area contributed by atoms with Crippen LogP contribution >= 0.6 is 0 Å². The van der Waals surface area contributed by atoms with Crippen molar-refractivity contribution >= 4 is 5.91 Å². The lowest BCUT2D eigenvalue weighted by Crippen LogP contribution is -2.44. The Bertz CT molecular complexity index is 309. The summed E-state index contributed by atoms with van der Waals surface area (Å²) in [6, 6.07) is 3.73. The van der Waals surface area contributed by atoms with Crippen LogP contribution in [0.4, 0.5) is 0 Å². The van der Waals surface area contributed by atoms with Gasteiger partial charge in [0.1, 0.15) is 5.76 Å². The van der Waals surface area contributed by atoms with Gasteiger partial charge in [0.25, 0.3) is 0 Å². The van der Waals surface area contributed by atoms with E-state index in [9.17, 15) is 4.79 Å². The van der Waals surface area contributed by atoms with E-state index in [0.717, 1.165) is 12.2 Å². The summed E-state index contributed by atoms with van der Waals surface area (Å²) in [6.45, 7) is 6.46. The molecular formula is C12H20N2O2. The monoisotopic (exact) mass is 224 g/mol. The average molecular weight is 224 g/mol. The zero-order valence-corrected chi connectivity index (χ0v) is 10.1. The minimum atomic E-state index is -0.209. The van der Waals surface area contributed by atoms with Crippen LogP contribution in [-0.4, -0.2) is 18.0 Å². The van der Waals surface area contributed by atoms with Crippen LogP contribution in [0.15, 0.2) is 22.8 Å². The van der Waals surface area contributed by atoms with Crippen LogP contribution in [0.25, 0.3) is 0 Å². The van der Waals surface area contributed by atoms with Gasteiger partial charge in [-0.05, 0) is 32.4 Å². The molecule has 0 aliphatic carbocycles. The SMILES string of the molecule is CCC(C)NC(=O)C(C)NCc1ccco1. The maximum absolute atomic E-state index is 11.7. The van der Waals surface area contributed by atoms with E-state index in [1.807, 2.05) is 32.9 Å². The molecule has 1 heterocycles.